The second-order valence-electron chi connectivity index (χ2n) is 14.0. The van der Waals surface area contributed by atoms with E-state index in [0.29, 0.717) is 5.92 Å². The van der Waals surface area contributed by atoms with Gasteiger partial charge in [0.1, 0.15) is 0 Å². The van der Waals surface area contributed by atoms with Crippen molar-refractivity contribution in [1.82, 2.24) is 4.98 Å². The standard InChI is InChI=1S/C42H43N3/c1-41(2,3)34-27-35(42(4,5)6)29-38(28-34)45(36-18-12-16-32(24-36)39-20-10-11-22-43-39)37-19-13-17-33(25-37)40-26-31(21-23-44-40)30-14-8-7-9-15-30/h7-20,22-29,31H,21H2,1-6H3. The van der Waals surface area contributed by atoms with Crippen molar-refractivity contribution in [3.8, 4) is 11.3 Å². The second-order valence-corrected chi connectivity index (χ2v) is 14.0. The molecule has 0 fully saturated rings. The minimum Gasteiger partial charge on any atom is -0.310 e. The molecule has 0 radical (unpaired) electrons. The van der Waals surface area contributed by atoms with Gasteiger partial charge >= 0.3 is 0 Å². The number of aliphatic imine (C=N–C) groups is 1. The highest BCUT2D eigenvalue weighted by Gasteiger charge is 2.24. The molecule has 1 aromatic heterocycles. The monoisotopic (exact) mass is 589 g/mol. The van der Waals surface area contributed by atoms with Crippen molar-refractivity contribution in [2.24, 2.45) is 4.99 Å². The Hall–Kier alpha value is -4.76. The third-order valence-electron chi connectivity index (χ3n) is 8.55. The molecule has 4 aromatic carbocycles. The average molecular weight is 590 g/mol. The molecular weight excluding hydrogens is 546 g/mol. The van der Waals surface area contributed by atoms with E-state index in [4.69, 9.17) is 4.99 Å². The Morgan fingerprint density at radius 1 is 0.600 bits per heavy atom. The molecule has 0 N–H and O–H groups in total. The minimum atomic E-state index is -0.00654. The van der Waals surface area contributed by atoms with Crippen LogP contribution in [0.1, 0.15) is 76.1 Å². The number of hydrogen-bond donors (Lipinski definition) is 0. The molecule has 45 heavy (non-hydrogen) atoms. The van der Waals surface area contributed by atoms with Gasteiger partial charge in [0, 0.05) is 46.5 Å². The molecule has 2 heterocycles. The van der Waals surface area contributed by atoms with Gasteiger partial charge in [-0.2, -0.15) is 0 Å². The largest absolute Gasteiger partial charge is 0.310 e. The fourth-order valence-corrected chi connectivity index (χ4v) is 5.87. The van der Waals surface area contributed by atoms with E-state index in [1.165, 1.54) is 16.7 Å². The van der Waals surface area contributed by atoms with E-state index in [2.05, 4.69) is 167 Å². The first-order valence-electron chi connectivity index (χ1n) is 15.9. The Bertz CT molecular complexity index is 1800. The Kier molecular flexibility index (Phi) is 8.29. The van der Waals surface area contributed by atoms with Crippen LogP contribution in [-0.2, 0) is 10.8 Å². The van der Waals surface area contributed by atoms with Gasteiger partial charge in [-0.1, -0.05) is 114 Å². The predicted molar refractivity (Wildman–Crippen MR) is 192 cm³/mol. The molecule has 1 aliphatic rings. The molecule has 0 bridgehead atoms. The molecule has 0 amide bonds. The summed E-state index contributed by atoms with van der Waals surface area (Å²) in [7, 11) is 0. The topological polar surface area (TPSA) is 28.5 Å². The van der Waals surface area contributed by atoms with Gasteiger partial charge in [-0.05, 0) is 82.5 Å². The maximum absolute atomic E-state index is 4.88. The first-order chi connectivity index (χ1) is 21.6. The molecule has 3 nitrogen and oxygen atoms in total. The zero-order chi connectivity index (χ0) is 31.6. The molecule has 0 spiro atoms. The number of hydrogen-bond acceptors (Lipinski definition) is 3. The Balaban J connectivity index is 1.52. The normalized spacial score (nSPS) is 15.1. The van der Waals surface area contributed by atoms with Gasteiger partial charge in [-0.3, -0.25) is 9.98 Å². The first kappa shape index (κ1) is 30.3. The van der Waals surface area contributed by atoms with Gasteiger partial charge in [0.25, 0.3) is 0 Å². The van der Waals surface area contributed by atoms with Crippen molar-refractivity contribution in [1.29, 1.82) is 0 Å². The summed E-state index contributed by atoms with van der Waals surface area (Å²) >= 11 is 0. The van der Waals surface area contributed by atoms with Crippen molar-refractivity contribution in [2.75, 3.05) is 4.90 Å². The van der Waals surface area contributed by atoms with E-state index in [1.54, 1.807) is 0 Å². The summed E-state index contributed by atoms with van der Waals surface area (Å²) in [6, 6.07) is 41.4. The van der Waals surface area contributed by atoms with Crippen LogP contribution in [0, 0.1) is 0 Å². The van der Waals surface area contributed by atoms with Crippen LogP contribution in [0.15, 0.2) is 133 Å². The van der Waals surface area contributed by atoms with Crippen molar-refractivity contribution in [2.45, 2.75) is 64.7 Å². The lowest BCUT2D eigenvalue weighted by atomic mass is 9.80. The van der Waals surface area contributed by atoms with Gasteiger partial charge in [0.05, 0.1) is 11.4 Å². The number of benzene rings is 4. The molecule has 0 aliphatic carbocycles. The fourth-order valence-electron chi connectivity index (χ4n) is 5.87. The lowest BCUT2D eigenvalue weighted by molar-refractivity contribution is 0.569. The van der Waals surface area contributed by atoms with Crippen LogP contribution in [0.25, 0.3) is 17.0 Å². The van der Waals surface area contributed by atoms with E-state index in [-0.39, 0.29) is 10.8 Å². The van der Waals surface area contributed by atoms with E-state index >= 15 is 0 Å². The quantitative estimate of drug-likeness (QED) is 0.197. The highest BCUT2D eigenvalue weighted by Crippen LogP contribution is 2.42. The molecule has 0 saturated carbocycles. The van der Waals surface area contributed by atoms with Crippen LogP contribution in [0.5, 0.6) is 0 Å². The van der Waals surface area contributed by atoms with Crippen molar-refractivity contribution < 1.29 is 0 Å². The highest BCUT2D eigenvalue weighted by molar-refractivity contribution is 5.84. The number of anilines is 3. The van der Waals surface area contributed by atoms with E-state index in [9.17, 15) is 0 Å². The van der Waals surface area contributed by atoms with Gasteiger partial charge in [-0.15, -0.1) is 0 Å². The van der Waals surface area contributed by atoms with Crippen molar-refractivity contribution in [3.05, 3.63) is 150 Å². The SMILES string of the molecule is CC(C)(C)c1cc(N(c2cccc(C3=CC(c4ccccc4)CC=N3)c2)c2cccc(-c3ccccn3)c2)cc(C(C)(C)C)c1. The average Bonchev–Trinajstić information content (AvgIpc) is 3.05. The number of aromatic nitrogens is 1. The molecule has 1 unspecified atom stereocenters. The van der Waals surface area contributed by atoms with Gasteiger partial charge in [-0.25, -0.2) is 0 Å². The fraction of sp³-hybridized carbons (Fsp3) is 0.238. The zero-order valence-corrected chi connectivity index (χ0v) is 27.3. The summed E-state index contributed by atoms with van der Waals surface area (Å²) in [5.41, 5.74) is 11.4. The van der Waals surface area contributed by atoms with Crippen LogP contribution in [0.3, 0.4) is 0 Å². The Morgan fingerprint density at radius 2 is 1.22 bits per heavy atom. The predicted octanol–water partition coefficient (Wildman–Crippen LogP) is 11.4. The molecule has 3 heteroatoms. The Morgan fingerprint density at radius 3 is 1.84 bits per heavy atom. The van der Waals surface area contributed by atoms with Gasteiger partial charge in [0.15, 0.2) is 0 Å². The Labute approximate surface area is 269 Å². The number of rotatable bonds is 6. The summed E-state index contributed by atoms with van der Waals surface area (Å²) in [5, 5.41) is 0. The second kappa shape index (κ2) is 12.3. The van der Waals surface area contributed by atoms with Crippen molar-refractivity contribution >= 4 is 29.0 Å². The van der Waals surface area contributed by atoms with Gasteiger partial charge < -0.3 is 4.90 Å². The third kappa shape index (κ3) is 6.83. The summed E-state index contributed by atoms with van der Waals surface area (Å²) in [6.45, 7) is 13.8. The zero-order valence-electron chi connectivity index (χ0n) is 27.3. The lowest BCUT2D eigenvalue weighted by Crippen LogP contribution is -2.19. The van der Waals surface area contributed by atoms with Crippen molar-refractivity contribution in [3.63, 3.8) is 0 Å². The van der Waals surface area contributed by atoms with E-state index < -0.39 is 0 Å². The van der Waals surface area contributed by atoms with E-state index in [1.807, 2.05) is 18.3 Å². The van der Waals surface area contributed by atoms with Crippen LogP contribution >= 0.6 is 0 Å². The molecular formula is C42H43N3. The molecule has 1 aliphatic heterocycles. The lowest BCUT2D eigenvalue weighted by Gasteiger charge is -2.31. The van der Waals surface area contributed by atoms with Gasteiger partial charge in [0.2, 0.25) is 0 Å². The van der Waals surface area contributed by atoms with Crippen LogP contribution in [0.4, 0.5) is 17.1 Å². The summed E-state index contributed by atoms with van der Waals surface area (Å²) in [4.78, 5) is 11.9. The summed E-state index contributed by atoms with van der Waals surface area (Å²) in [6.07, 6.45) is 7.15. The molecule has 6 rings (SSSR count). The van der Waals surface area contributed by atoms with Crippen LogP contribution < -0.4 is 4.90 Å². The number of pyridine rings is 1. The smallest absolute Gasteiger partial charge is 0.0702 e. The maximum atomic E-state index is 4.88. The highest BCUT2D eigenvalue weighted by atomic mass is 15.1. The third-order valence-corrected chi connectivity index (χ3v) is 8.55. The summed E-state index contributed by atoms with van der Waals surface area (Å²) < 4.78 is 0. The van der Waals surface area contributed by atoms with Crippen LogP contribution in [0.2, 0.25) is 0 Å². The molecule has 0 saturated heterocycles. The van der Waals surface area contributed by atoms with E-state index in [0.717, 1.165) is 46.0 Å². The summed E-state index contributed by atoms with van der Waals surface area (Å²) in [5.74, 6) is 0.311. The minimum absolute atomic E-state index is 0.00654. The number of nitrogens with zero attached hydrogens (tertiary/aromatic N) is 3. The maximum Gasteiger partial charge on any atom is 0.0702 e. The molecule has 1 atom stereocenters. The molecule has 5 aromatic rings. The molecule has 226 valence electrons. The number of allylic oxidation sites excluding steroid dienone is 1. The first-order valence-corrected chi connectivity index (χ1v) is 15.9. The van der Waals surface area contributed by atoms with Crippen LogP contribution in [-0.4, -0.2) is 11.2 Å².